The van der Waals surface area contributed by atoms with Crippen molar-refractivity contribution in [3.05, 3.63) is 23.8 Å². The largest absolute Gasteiger partial charge is 0.444 e. The monoisotopic (exact) mass is 418 g/mol. The molecule has 0 aliphatic carbocycles. The van der Waals surface area contributed by atoms with Crippen LogP contribution in [0.1, 0.15) is 44.6 Å². The SMILES string of the molecule is COC(C)(O)N1c2ccc(C3CCNC3)cc2N(C(=O)OC2CCCNC2)C[C@@H]1C. The minimum Gasteiger partial charge on any atom is -0.444 e. The molecule has 1 aromatic rings. The molecule has 1 aromatic carbocycles. The zero-order chi connectivity index (χ0) is 21.3. The molecule has 1 amide bonds. The third kappa shape index (κ3) is 4.14. The van der Waals surface area contributed by atoms with Crippen molar-refractivity contribution in [3.8, 4) is 0 Å². The van der Waals surface area contributed by atoms with Gasteiger partial charge in [-0.25, -0.2) is 4.79 Å². The molecule has 2 fully saturated rings. The van der Waals surface area contributed by atoms with Gasteiger partial charge in [0.25, 0.3) is 0 Å². The fourth-order valence-corrected chi connectivity index (χ4v) is 4.87. The number of piperidine rings is 1. The van der Waals surface area contributed by atoms with Crippen LogP contribution in [-0.4, -0.2) is 69.1 Å². The first-order chi connectivity index (χ1) is 14.4. The molecular weight excluding hydrogens is 384 g/mol. The van der Waals surface area contributed by atoms with Crippen LogP contribution >= 0.6 is 0 Å². The van der Waals surface area contributed by atoms with E-state index in [-0.39, 0.29) is 18.2 Å². The average Bonchev–Trinajstić information content (AvgIpc) is 3.28. The number of nitrogens with zero attached hydrogens (tertiary/aromatic N) is 2. The lowest BCUT2D eigenvalue weighted by molar-refractivity contribution is -0.174. The van der Waals surface area contributed by atoms with Crippen molar-refractivity contribution in [3.63, 3.8) is 0 Å². The molecule has 3 unspecified atom stereocenters. The van der Waals surface area contributed by atoms with Crippen molar-refractivity contribution in [2.45, 2.75) is 57.1 Å². The number of amides is 1. The van der Waals surface area contributed by atoms with E-state index in [0.717, 1.165) is 50.3 Å². The molecule has 0 bridgehead atoms. The summed E-state index contributed by atoms with van der Waals surface area (Å²) in [6, 6.07) is 6.03. The second-order valence-electron chi connectivity index (χ2n) is 8.76. The first-order valence-corrected chi connectivity index (χ1v) is 11.0. The van der Waals surface area contributed by atoms with Gasteiger partial charge in [0, 0.05) is 39.7 Å². The van der Waals surface area contributed by atoms with Crippen LogP contribution < -0.4 is 20.4 Å². The smallest absolute Gasteiger partial charge is 0.414 e. The Balaban J connectivity index is 1.68. The average molecular weight is 419 g/mol. The number of carbonyl (C=O) groups is 1. The van der Waals surface area contributed by atoms with E-state index in [9.17, 15) is 9.90 Å². The highest BCUT2D eigenvalue weighted by molar-refractivity contribution is 5.94. The number of hydrogen-bond donors (Lipinski definition) is 3. The van der Waals surface area contributed by atoms with Gasteiger partial charge in [0.1, 0.15) is 6.10 Å². The molecule has 8 nitrogen and oxygen atoms in total. The molecule has 0 aromatic heterocycles. The van der Waals surface area contributed by atoms with Gasteiger partial charge in [0.2, 0.25) is 5.91 Å². The number of fused-ring (bicyclic) bond motifs is 1. The van der Waals surface area contributed by atoms with E-state index in [2.05, 4.69) is 22.8 Å². The number of benzene rings is 1. The van der Waals surface area contributed by atoms with Crippen molar-refractivity contribution in [1.29, 1.82) is 0 Å². The maximum absolute atomic E-state index is 13.2. The van der Waals surface area contributed by atoms with Crippen LogP contribution in [0.15, 0.2) is 18.2 Å². The molecule has 0 radical (unpaired) electrons. The third-order valence-electron chi connectivity index (χ3n) is 6.54. The Kier molecular flexibility index (Phi) is 6.20. The molecule has 8 heteroatoms. The predicted octanol–water partition coefficient (Wildman–Crippen LogP) is 1.98. The molecule has 0 spiro atoms. The minimum absolute atomic E-state index is 0.104. The van der Waals surface area contributed by atoms with Crippen molar-refractivity contribution in [1.82, 2.24) is 10.6 Å². The molecule has 2 saturated heterocycles. The zero-order valence-corrected chi connectivity index (χ0v) is 18.2. The summed E-state index contributed by atoms with van der Waals surface area (Å²) in [6.45, 7) is 7.63. The van der Waals surface area contributed by atoms with Crippen LogP contribution in [0.4, 0.5) is 16.2 Å². The van der Waals surface area contributed by atoms with E-state index >= 15 is 0 Å². The van der Waals surface area contributed by atoms with Gasteiger partial charge in [0.05, 0.1) is 11.4 Å². The normalized spacial score (nSPS) is 28.7. The first kappa shape index (κ1) is 21.4. The minimum atomic E-state index is -1.48. The highest BCUT2D eigenvalue weighted by Gasteiger charge is 2.42. The second-order valence-corrected chi connectivity index (χ2v) is 8.76. The number of aliphatic hydroxyl groups is 1. The lowest BCUT2D eigenvalue weighted by atomic mass is 9.95. The molecule has 4 rings (SSSR count). The molecule has 0 saturated carbocycles. The number of hydrogen-bond acceptors (Lipinski definition) is 7. The predicted molar refractivity (Wildman–Crippen MR) is 116 cm³/mol. The molecule has 3 heterocycles. The summed E-state index contributed by atoms with van der Waals surface area (Å²) in [6.07, 6.45) is 2.54. The molecule has 166 valence electrons. The molecule has 3 N–H and O–H groups in total. The number of carbonyl (C=O) groups excluding carboxylic acids is 1. The summed E-state index contributed by atoms with van der Waals surface area (Å²) in [5, 5.41) is 17.6. The fourth-order valence-electron chi connectivity index (χ4n) is 4.87. The van der Waals surface area contributed by atoms with E-state index in [1.54, 1.807) is 11.8 Å². The van der Waals surface area contributed by atoms with Gasteiger partial charge in [-0.1, -0.05) is 6.07 Å². The van der Waals surface area contributed by atoms with E-state index in [1.165, 1.54) is 12.7 Å². The maximum atomic E-state index is 13.2. The Morgan fingerprint density at radius 1 is 1.20 bits per heavy atom. The van der Waals surface area contributed by atoms with Gasteiger partial charge in [-0.05, 0) is 62.9 Å². The van der Waals surface area contributed by atoms with Crippen molar-refractivity contribution in [2.75, 3.05) is 49.6 Å². The topological polar surface area (TPSA) is 86.3 Å². The number of anilines is 2. The van der Waals surface area contributed by atoms with Crippen LogP contribution in [0.3, 0.4) is 0 Å². The Morgan fingerprint density at radius 2 is 2.00 bits per heavy atom. The standard InChI is InChI=1S/C22H34N4O4/c1-15-14-25(21(27)30-18-5-4-9-23-13-18)20-11-16(17-8-10-24-12-17)6-7-19(20)26(15)22(2,28)29-3/h6-7,11,15,17-18,23-24,28H,4-5,8-10,12-14H2,1-3H3/t15-,17?,18?,22?/m0/s1. The maximum Gasteiger partial charge on any atom is 0.414 e. The molecule has 4 atom stereocenters. The molecule has 3 aliphatic heterocycles. The lowest BCUT2D eigenvalue weighted by Gasteiger charge is -2.48. The van der Waals surface area contributed by atoms with Crippen LogP contribution in [0.2, 0.25) is 0 Å². The Labute approximate surface area is 178 Å². The van der Waals surface area contributed by atoms with E-state index < -0.39 is 5.91 Å². The van der Waals surface area contributed by atoms with Gasteiger partial charge in [-0.2, -0.15) is 0 Å². The fraction of sp³-hybridized carbons (Fsp3) is 0.682. The number of nitrogens with one attached hydrogen (secondary N) is 2. The van der Waals surface area contributed by atoms with Gasteiger partial charge in [-0.15, -0.1) is 0 Å². The number of rotatable bonds is 4. The van der Waals surface area contributed by atoms with Gasteiger partial charge >= 0.3 is 6.09 Å². The van der Waals surface area contributed by atoms with E-state index in [1.807, 2.05) is 17.9 Å². The molecular formula is C22H34N4O4. The Morgan fingerprint density at radius 3 is 2.67 bits per heavy atom. The highest BCUT2D eigenvalue weighted by Crippen LogP contribution is 2.42. The summed E-state index contributed by atoms with van der Waals surface area (Å²) >= 11 is 0. The van der Waals surface area contributed by atoms with E-state index in [0.29, 0.717) is 19.0 Å². The quantitative estimate of drug-likeness (QED) is 0.645. The van der Waals surface area contributed by atoms with Crippen molar-refractivity contribution in [2.24, 2.45) is 0 Å². The van der Waals surface area contributed by atoms with Crippen LogP contribution in [0.5, 0.6) is 0 Å². The Hall–Kier alpha value is -1.87. The van der Waals surface area contributed by atoms with Gasteiger partial charge in [-0.3, -0.25) is 4.90 Å². The van der Waals surface area contributed by atoms with Crippen LogP contribution in [-0.2, 0) is 9.47 Å². The molecule has 30 heavy (non-hydrogen) atoms. The number of ether oxygens (including phenoxy) is 2. The van der Waals surface area contributed by atoms with E-state index in [4.69, 9.17) is 9.47 Å². The van der Waals surface area contributed by atoms with Crippen LogP contribution in [0, 0.1) is 0 Å². The lowest BCUT2D eigenvalue weighted by Crippen LogP contribution is -2.59. The zero-order valence-electron chi connectivity index (χ0n) is 18.2. The van der Waals surface area contributed by atoms with Crippen LogP contribution in [0.25, 0.3) is 0 Å². The summed E-state index contributed by atoms with van der Waals surface area (Å²) in [7, 11) is 1.49. The highest BCUT2D eigenvalue weighted by atomic mass is 16.6. The Bertz CT molecular complexity index is 760. The third-order valence-corrected chi connectivity index (χ3v) is 6.54. The van der Waals surface area contributed by atoms with Gasteiger partial charge < -0.3 is 30.1 Å². The van der Waals surface area contributed by atoms with Crippen molar-refractivity contribution >= 4 is 17.5 Å². The number of methoxy groups -OCH3 is 1. The summed E-state index contributed by atoms with van der Waals surface area (Å²) in [5.41, 5.74) is 2.74. The molecule has 3 aliphatic rings. The van der Waals surface area contributed by atoms with Crippen molar-refractivity contribution < 1.29 is 19.4 Å². The second kappa shape index (κ2) is 8.70. The summed E-state index contributed by atoms with van der Waals surface area (Å²) < 4.78 is 11.2. The summed E-state index contributed by atoms with van der Waals surface area (Å²) in [4.78, 5) is 16.7. The first-order valence-electron chi connectivity index (χ1n) is 11.0. The van der Waals surface area contributed by atoms with Gasteiger partial charge in [0.15, 0.2) is 0 Å². The summed E-state index contributed by atoms with van der Waals surface area (Å²) in [5.74, 6) is -1.06.